The number of hydrogen-bond donors (Lipinski definition) is 0. The molecule has 4 rings (SSSR count). The van der Waals surface area contributed by atoms with Gasteiger partial charge in [0.05, 0.1) is 17.0 Å². The first-order valence-electron chi connectivity index (χ1n) is 9.78. The van der Waals surface area contributed by atoms with Crippen molar-refractivity contribution in [2.75, 3.05) is 13.1 Å². The van der Waals surface area contributed by atoms with Crippen molar-refractivity contribution >= 4 is 21.8 Å². The molecule has 30 heavy (non-hydrogen) atoms. The third-order valence-electron chi connectivity index (χ3n) is 5.54. The van der Waals surface area contributed by atoms with Crippen molar-refractivity contribution in [3.63, 3.8) is 0 Å². The van der Waals surface area contributed by atoms with E-state index < -0.39 is 27.7 Å². The fraction of sp³-hybridized carbons (Fsp3) is 0.381. The van der Waals surface area contributed by atoms with E-state index >= 15 is 0 Å². The average Bonchev–Trinajstić information content (AvgIpc) is 2.93. The summed E-state index contributed by atoms with van der Waals surface area (Å²) in [5.41, 5.74) is 0.400. The number of carbonyl (C=O) groups is 2. The number of benzene rings is 1. The average molecular weight is 431 g/mol. The number of aromatic nitrogens is 1. The molecular formula is C21H22FN3O4S. The number of pyridine rings is 1. The van der Waals surface area contributed by atoms with E-state index in [4.69, 9.17) is 0 Å². The predicted molar refractivity (Wildman–Crippen MR) is 107 cm³/mol. The molecule has 2 amide bonds. The summed E-state index contributed by atoms with van der Waals surface area (Å²) in [6, 6.07) is 6.47. The van der Waals surface area contributed by atoms with Gasteiger partial charge in [-0.15, -0.1) is 0 Å². The number of sulfonamides is 1. The van der Waals surface area contributed by atoms with Gasteiger partial charge in [0.15, 0.2) is 0 Å². The van der Waals surface area contributed by atoms with Crippen molar-refractivity contribution in [1.82, 2.24) is 14.2 Å². The molecule has 0 radical (unpaired) electrons. The molecule has 1 aromatic heterocycles. The number of halogens is 1. The van der Waals surface area contributed by atoms with Crippen molar-refractivity contribution in [3.05, 3.63) is 59.2 Å². The number of imide groups is 1. The monoisotopic (exact) mass is 431 g/mol. The summed E-state index contributed by atoms with van der Waals surface area (Å²) in [5, 5.41) is 0. The largest absolute Gasteiger partial charge is 0.280 e. The predicted octanol–water partition coefficient (Wildman–Crippen LogP) is 2.68. The lowest BCUT2D eigenvalue weighted by Gasteiger charge is -2.34. The van der Waals surface area contributed by atoms with E-state index in [0.717, 1.165) is 23.5 Å². The number of hydrogen-bond acceptors (Lipinski definition) is 5. The Balaban J connectivity index is 1.70. The fourth-order valence-electron chi connectivity index (χ4n) is 4.27. The summed E-state index contributed by atoms with van der Waals surface area (Å²) in [7, 11) is -4.00. The van der Waals surface area contributed by atoms with Gasteiger partial charge in [-0.3, -0.25) is 19.5 Å². The number of fused-ring (bicyclic) bond motifs is 1. The molecule has 0 saturated carbocycles. The van der Waals surface area contributed by atoms with Gasteiger partial charge in [0.2, 0.25) is 10.0 Å². The zero-order valence-corrected chi connectivity index (χ0v) is 17.5. The smallest absolute Gasteiger partial charge is 0.268 e. The Kier molecular flexibility index (Phi) is 5.19. The first-order valence-corrected chi connectivity index (χ1v) is 11.2. The summed E-state index contributed by atoms with van der Waals surface area (Å²) < 4.78 is 42.1. The highest BCUT2D eigenvalue weighted by atomic mass is 32.2. The maximum absolute atomic E-state index is 14.0. The zero-order valence-electron chi connectivity index (χ0n) is 16.7. The SMILES string of the molecule is C[C@@H]1C[C@@H](C)CN(S(=O)(=O)c2cc(F)ccc2CN2C(=O)c3cccnc3C2=O)C1. The molecule has 9 heteroatoms. The van der Waals surface area contributed by atoms with E-state index in [1.165, 1.54) is 22.6 Å². The number of carbonyl (C=O) groups excluding carboxylic acids is 2. The van der Waals surface area contributed by atoms with Crippen LogP contribution in [0.3, 0.4) is 0 Å². The molecule has 0 N–H and O–H groups in total. The minimum absolute atomic E-state index is 0.0349. The highest BCUT2D eigenvalue weighted by Gasteiger charge is 2.39. The Hall–Kier alpha value is -2.65. The summed E-state index contributed by atoms with van der Waals surface area (Å²) in [4.78, 5) is 30.0. The quantitative estimate of drug-likeness (QED) is 0.695. The lowest BCUT2D eigenvalue weighted by atomic mass is 9.94. The van der Waals surface area contributed by atoms with Gasteiger partial charge in [0, 0.05) is 19.3 Å². The molecule has 1 aromatic carbocycles. The third kappa shape index (κ3) is 3.52. The summed E-state index contributed by atoms with van der Waals surface area (Å²) in [6.07, 6.45) is 2.34. The number of piperidine rings is 1. The second kappa shape index (κ2) is 7.55. The van der Waals surface area contributed by atoms with Crippen LogP contribution in [0, 0.1) is 17.7 Å². The number of amides is 2. The van der Waals surface area contributed by atoms with Crippen LogP contribution in [0.15, 0.2) is 41.4 Å². The second-order valence-electron chi connectivity index (χ2n) is 8.12. The Labute approximate surface area is 174 Å². The second-order valence-corrected chi connectivity index (χ2v) is 10.0. The van der Waals surface area contributed by atoms with E-state index in [-0.39, 0.29) is 40.1 Å². The molecule has 2 atom stereocenters. The summed E-state index contributed by atoms with van der Waals surface area (Å²) in [5.74, 6) is -1.47. The van der Waals surface area contributed by atoms with Crippen LogP contribution in [0.1, 0.15) is 46.7 Å². The molecule has 3 heterocycles. The van der Waals surface area contributed by atoms with Crippen molar-refractivity contribution < 1.29 is 22.4 Å². The summed E-state index contributed by atoms with van der Waals surface area (Å²) in [6.45, 7) is 4.38. The van der Waals surface area contributed by atoms with Gasteiger partial charge in [-0.1, -0.05) is 19.9 Å². The maximum Gasteiger partial charge on any atom is 0.280 e. The molecular weight excluding hydrogens is 409 g/mol. The van der Waals surface area contributed by atoms with Crippen molar-refractivity contribution in [1.29, 1.82) is 0 Å². The molecule has 1 saturated heterocycles. The van der Waals surface area contributed by atoms with Crippen molar-refractivity contribution in [2.24, 2.45) is 11.8 Å². The molecule has 0 aliphatic carbocycles. The van der Waals surface area contributed by atoms with Crippen LogP contribution in [0.25, 0.3) is 0 Å². The molecule has 2 aliphatic heterocycles. The molecule has 2 aliphatic rings. The minimum Gasteiger partial charge on any atom is -0.268 e. The highest BCUT2D eigenvalue weighted by molar-refractivity contribution is 7.89. The first kappa shape index (κ1) is 20.6. The van der Waals surface area contributed by atoms with E-state index in [2.05, 4.69) is 4.98 Å². The lowest BCUT2D eigenvalue weighted by Crippen LogP contribution is -2.43. The lowest BCUT2D eigenvalue weighted by molar-refractivity contribution is 0.0639. The van der Waals surface area contributed by atoms with Crippen molar-refractivity contribution in [2.45, 2.75) is 31.7 Å². The van der Waals surface area contributed by atoms with Gasteiger partial charge < -0.3 is 0 Å². The zero-order chi connectivity index (χ0) is 21.6. The van der Waals surface area contributed by atoms with Crippen LogP contribution in [-0.4, -0.2) is 47.5 Å². The Morgan fingerprint density at radius 1 is 1.10 bits per heavy atom. The van der Waals surface area contributed by atoms with Gasteiger partial charge in [0.1, 0.15) is 11.5 Å². The van der Waals surface area contributed by atoms with Crippen molar-refractivity contribution in [3.8, 4) is 0 Å². The van der Waals surface area contributed by atoms with Crippen LogP contribution >= 0.6 is 0 Å². The van der Waals surface area contributed by atoms with E-state index in [1.54, 1.807) is 6.07 Å². The van der Waals surface area contributed by atoms with Gasteiger partial charge in [-0.05, 0) is 48.1 Å². The van der Waals surface area contributed by atoms with E-state index in [0.29, 0.717) is 13.1 Å². The maximum atomic E-state index is 14.0. The molecule has 0 bridgehead atoms. The van der Waals surface area contributed by atoms with Crippen LogP contribution in [0.4, 0.5) is 4.39 Å². The number of rotatable bonds is 4. The normalized spacial score (nSPS) is 22.4. The molecule has 7 nitrogen and oxygen atoms in total. The van der Waals surface area contributed by atoms with Gasteiger partial charge in [0.25, 0.3) is 11.8 Å². The summed E-state index contributed by atoms with van der Waals surface area (Å²) >= 11 is 0. The molecule has 0 spiro atoms. The van der Waals surface area contributed by atoms with Crippen LogP contribution in [0.5, 0.6) is 0 Å². The van der Waals surface area contributed by atoms with Gasteiger partial charge >= 0.3 is 0 Å². The molecule has 0 unspecified atom stereocenters. The molecule has 1 fully saturated rings. The van der Waals surface area contributed by atoms with Crippen LogP contribution in [-0.2, 0) is 16.6 Å². The van der Waals surface area contributed by atoms with E-state index in [9.17, 15) is 22.4 Å². The molecule has 2 aromatic rings. The molecule has 158 valence electrons. The van der Waals surface area contributed by atoms with Crippen LogP contribution in [0.2, 0.25) is 0 Å². The highest BCUT2D eigenvalue weighted by Crippen LogP contribution is 2.30. The van der Waals surface area contributed by atoms with Crippen LogP contribution < -0.4 is 0 Å². The Morgan fingerprint density at radius 3 is 2.47 bits per heavy atom. The topological polar surface area (TPSA) is 87.7 Å². The van der Waals surface area contributed by atoms with Gasteiger partial charge in [-0.25, -0.2) is 12.8 Å². The number of nitrogens with zero attached hydrogens (tertiary/aromatic N) is 3. The standard InChI is InChI=1S/C21H22FN3O4S/c1-13-8-14(2)11-24(10-13)30(28,29)18-9-16(22)6-5-15(18)12-25-20(26)17-4-3-7-23-19(17)21(25)27/h3-7,9,13-14H,8,10-12H2,1-2H3/t13-,14-/m1/s1. The fourth-order valence-corrected chi connectivity index (χ4v) is 6.17. The Morgan fingerprint density at radius 2 is 1.80 bits per heavy atom. The third-order valence-corrected chi connectivity index (χ3v) is 7.46. The minimum atomic E-state index is -4.00. The van der Waals surface area contributed by atoms with E-state index in [1.807, 2.05) is 13.8 Å². The first-order chi connectivity index (χ1) is 14.2. The van der Waals surface area contributed by atoms with Gasteiger partial charge in [-0.2, -0.15) is 4.31 Å². The Bertz CT molecular complexity index is 1090.